The van der Waals surface area contributed by atoms with Crippen LogP contribution in [-0.2, 0) is 4.79 Å². The van der Waals surface area contributed by atoms with E-state index in [0.717, 1.165) is 38.5 Å². The SMILES string of the molecule is C[C@]12C[C@H](N)C3=C4CCC(=O)C=C4CCC3C1CCC2(N)N. The van der Waals surface area contributed by atoms with Gasteiger partial charge in [0.1, 0.15) is 0 Å². The molecule has 6 N–H and O–H groups in total. The van der Waals surface area contributed by atoms with Crippen LogP contribution in [0.2, 0.25) is 0 Å². The third kappa shape index (κ3) is 1.78. The van der Waals surface area contributed by atoms with Crippen LogP contribution in [0.3, 0.4) is 0 Å². The molecule has 0 aliphatic heterocycles. The first-order chi connectivity index (χ1) is 10.3. The number of allylic oxidation sites excluding steroid dienone is 3. The molecule has 4 aliphatic rings. The lowest BCUT2D eigenvalue weighted by atomic mass is 9.54. The first-order valence-corrected chi connectivity index (χ1v) is 8.63. The summed E-state index contributed by atoms with van der Waals surface area (Å²) >= 11 is 0. The van der Waals surface area contributed by atoms with Gasteiger partial charge in [-0.25, -0.2) is 0 Å². The van der Waals surface area contributed by atoms with E-state index < -0.39 is 5.66 Å². The minimum absolute atomic E-state index is 0.0442. The Kier molecular flexibility index (Phi) is 3.01. The molecule has 2 unspecified atom stereocenters. The second kappa shape index (κ2) is 4.53. The van der Waals surface area contributed by atoms with Crippen molar-refractivity contribution in [1.29, 1.82) is 0 Å². The van der Waals surface area contributed by atoms with E-state index in [1.165, 1.54) is 16.7 Å². The molecule has 0 aromatic heterocycles. The van der Waals surface area contributed by atoms with Gasteiger partial charge in [-0.15, -0.1) is 0 Å². The Balaban J connectivity index is 1.80. The Morgan fingerprint density at radius 2 is 1.95 bits per heavy atom. The van der Waals surface area contributed by atoms with Gasteiger partial charge in [0.25, 0.3) is 0 Å². The molecule has 0 radical (unpaired) electrons. The Hall–Kier alpha value is -0.970. The van der Waals surface area contributed by atoms with Gasteiger partial charge in [0.2, 0.25) is 0 Å². The summed E-state index contributed by atoms with van der Waals surface area (Å²) in [6, 6.07) is 0.0442. The number of carbonyl (C=O) groups is 1. The molecule has 0 saturated heterocycles. The molecule has 0 amide bonds. The van der Waals surface area contributed by atoms with E-state index in [1.807, 2.05) is 6.08 Å². The van der Waals surface area contributed by atoms with E-state index in [-0.39, 0.29) is 17.2 Å². The highest BCUT2D eigenvalue weighted by Crippen LogP contribution is 2.61. The maximum absolute atomic E-state index is 11.7. The Morgan fingerprint density at radius 1 is 1.18 bits per heavy atom. The summed E-state index contributed by atoms with van der Waals surface area (Å²) in [4.78, 5) is 11.7. The van der Waals surface area contributed by atoms with Crippen molar-refractivity contribution in [2.75, 3.05) is 0 Å². The van der Waals surface area contributed by atoms with Crippen LogP contribution < -0.4 is 17.2 Å². The summed E-state index contributed by atoms with van der Waals surface area (Å²) in [6.07, 6.45) is 8.37. The minimum atomic E-state index is -0.593. The topological polar surface area (TPSA) is 95.1 Å². The molecule has 2 fully saturated rings. The maximum atomic E-state index is 11.7. The predicted octanol–water partition coefficient (Wildman–Crippen LogP) is 1.74. The molecule has 4 atom stereocenters. The third-order valence-electron chi connectivity index (χ3n) is 7.10. The van der Waals surface area contributed by atoms with E-state index in [4.69, 9.17) is 17.2 Å². The van der Waals surface area contributed by atoms with Crippen molar-refractivity contribution in [3.63, 3.8) is 0 Å². The fourth-order valence-electron chi connectivity index (χ4n) is 5.82. The zero-order valence-electron chi connectivity index (χ0n) is 13.4. The molecule has 22 heavy (non-hydrogen) atoms. The summed E-state index contributed by atoms with van der Waals surface area (Å²) < 4.78 is 0. The van der Waals surface area contributed by atoms with E-state index in [0.29, 0.717) is 18.3 Å². The highest BCUT2D eigenvalue weighted by atomic mass is 16.1. The molecular weight excluding hydrogens is 274 g/mol. The molecule has 2 saturated carbocycles. The van der Waals surface area contributed by atoms with Crippen molar-refractivity contribution in [2.24, 2.45) is 34.5 Å². The molecule has 0 spiro atoms. The van der Waals surface area contributed by atoms with Crippen molar-refractivity contribution in [1.82, 2.24) is 0 Å². The Bertz CT molecular complexity index is 603. The Labute approximate surface area is 132 Å². The molecule has 4 rings (SSSR count). The molecule has 0 aromatic rings. The van der Waals surface area contributed by atoms with Crippen LogP contribution in [-0.4, -0.2) is 17.5 Å². The van der Waals surface area contributed by atoms with Crippen LogP contribution in [0.4, 0.5) is 0 Å². The van der Waals surface area contributed by atoms with Gasteiger partial charge in [-0.2, -0.15) is 0 Å². The zero-order chi connectivity index (χ0) is 15.7. The second-order valence-electron chi connectivity index (χ2n) is 8.13. The molecule has 4 heteroatoms. The summed E-state index contributed by atoms with van der Waals surface area (Å²) in [6.45, 7) is 2.25. The molecule has 0 aromatic carbocycles. The fraction of sp³-hybridized carbons (Fsp3) is 0.722. The predicted molar refractivity (Wildman–Crippen MR) is 86.6 cm³/mol. The highest BCUT2D eigenvalue weighted by Gasteiger charge is 2.60. The van der Waals surface area contributed by atoms with Gasteiger partial charge in [0, 0.05) is 17.9 Å². The van der Waals surface area contributed by atoms with Crippen molar-refractivity contribution in [2.45, 2.75) is 63.6 Å². The summed E-state index contributed by atoms with van der Waals surface area (Å²) in [5, 5.41) is 0. The van der Waals surface area contributed by atoms with Crippen molar-refractivity contribution in [3.8, 4) is 0 Å². The lowest BCUT2D eigenvalue weighted by Crippen LogP contribution is -2.64. The Morgan fingerprint density at radius 3 is 2.73 bits per heavy atom. The summed E-state index contributed by atoms with van der Waals surface area (Å²) in [7, 11) is 0. The molecule has 0 heterocycles. The van der Waals surface area contributed by atoms with Gasteiger partial charge in [0.05, 0.1) is 5.66 Å². The van der Waals surface area contributed by atoms with Crippen LogP contribution in [0, 0.1) is 17.3 Å². The van der Waals surface area contributed by atoms with Crippen LogP contribution in [0.1, 0.15) is 51.9 Å². The highest BCUT2D eigenvalue weighted by molar-refractivity contribution is 5.93. The van der Waals surface area contributed by atoms with Crippen LogP contribution in [0.25, 0.3) is 0 Å². The number of hydrogen-bond donors (Lipinski definition) is 3. The first kappa shape index (κ1) is 14.6. The fourth-order valence-corrected chi connectivity index (χ4v) is 5.82. The van der Waals surface area contributed by atoms with Gasteiger partial charge in [0.15, 0.2) is 5.78 Å². The number of ketones is 1. The van der Waals surface area contributed by atoms with Gasteiger partial charge in [-0.1, -0.05) is 6.92 Å². The largest absolute Gasteiger partial charge is 0.324 e. The normalized spacial score (nSPS) is 43.4. The number of fused-ring (bicyclic) bond motifs is 4. The molecule has 0 bridgehead atoms. The van der Waals surface area contributed by atoms with Gasteiger partial charge >= 0.3 is 0 Å². The van der Waals surface area contributed by atoms with Gasteiger partial charge < -0.3 is 17.2 Å². The maximum Gasteiger partial charge on any atom is 0.156 e. The quantitative estimate of drug-likeness (QED) is 0.594. The number of hydrogen-bond acceptors (Lipinski definition) is 4. The zero-order valence-corrected chi connectivity index (χ0v) is 13.4. The van der Waals surface area contributed by atoms with Crippen molar-refractivity contribution in [3.05, 3.63) is 22.8 Å². The van der Waals surface area contributed by atoms with E-state index in [9.17, 15) is 4.79 Å². The second-order valence-corrected chi connectivity index (χ2v) is 8.13. The molecule has 4 aliphatic carbocycles. The lowest BCUT2D eigenvalue weighted by molar-refractivity contribution is -0.114. The van der Waals surface area contributed by atoms with Gasteiger partial charge in [-0.05, 0) is 73.2 Å². The summed E-state index contributed by atoms with van der Waals surface area (Å²) in [5.41, 5.74) is 22.9. The van der Waals surface area contributed by atoms with Gasteiger partial charge in [-0.3, -0.25) is 4.79 Å². The number of nitrogens with two attached hydrogens (primary N) is 3. The average molecular weight is 301 g/mol. The smallest absolute Gasteiger partial charge is 0.156 e. The standard InChI is InChI=1S/C18H27N3O/c1-17-9-15(19)16-12-5-3-11(22)8-10(12)2-4-13(16)14(17)6-7-18(17,20)21/h8,13-15H,2-7,9,19-21H2,1H3/t13?,14?,15-,17-/m0/s1. The summed E-state index contributed by atoms with van der Waals surface area (Å²) in [5.74, 6) is 1.34. The average Bonchev–Trinajstić information content (AvgIpc) is 2.68. The monoisotopic (exact) mass is 301 g/mol. The minimum Gasteiger partial charge on any atom is -0.324 e. The van der Waals surface area contributed by atoms with Crippen molar-refractivity contribution >= 4 is 5.78 Å². The number of rotatable bonds is 0. The third-order valence-corrected chi connectivity index (χ3v) is 7.10. The van der Waals surface area contributed by atoms with Crippen molar-refractivity contribution < 1.29 is 4.79 Å². The van der Waals surface area contributed by atoms with Crippen LogP contribution >= 0.6 is 0 Å². The van der Waals surface area contributed by atoms with E-state index in [1.54, 1.807) is 0 Å². The molecule has 120 valence electrons. The number of carbonyl (C=O) groups excluding carboxylic acids is 1. The van der Waals surface area contributed by atoms with E-state index >= 15 is 0 Å². The molecular formula is C18H27N3O. The van der Waals surface area contributed by atoms with Crippen LogP contribution in [0.15, 0.2) is 22.8 Å². The lowest BCUT2D eigenvalue weighted by Gasteiger charge is -2.53. The molecule has 4 nitrogen and oxygen atoms in total. The van der Waals surface area contributed by atoms with E-state index in [2.05, 4.69) is 6.92 Å². The first-order valence-electron chi connectivity index (χ1n) is 8.63. The van der Waals surface area contributed by atoms with Crippen LogP contribution in [0.5, 0.6) is 0 Å².